The van der Waals surface area contributed by atoms with Crippen molar-refractivity contribution in [2.75, 3.05) is 27.3 Å². The van der Waals surface area contributed by atoms with Crippen LogP contribution in [0, 0.1) is 5.82 Å². The summed E-state index contributed by atoms with van der Waals surface area (Å²) >= 11 is 0. The molecular formula is C25H28FN3O5. The highest BCUT2D eigenvalue weighted by Gasteiger charge is 2.52. The smallest absolute Gasteiger partial charge is 0.325 e. The van der Waals surface area contributed by atoms with E-state index in [0.717, 1.165) is 23.3 Å². The van der Waals surface area contributed by atoms with Gasteiger partial charge in [0.15, 0.2) is 0 Å². The Labute approximate surface area is 197 Å². The number of ether oxygens (including phenoxy) is 2. The molecule has 8 nitrogen and oxygen atoms in total. The number of urea groups is 1. The number of nitrogens with one attached hydrogen (secondary N) is 1. The molecule has 0 bridgehead atoms. The molecule has 34 heavy (non-hydrogen) atoms. The molecule has 9 heteroatoms. The summed E-state index contributed by atoms with van der Waals surface area (Å²) in [5.74, 6) is 0.00132. The molecule has 1 N–H and O–H groups in total. The summed E-state index contributed by atoms with van der Waals surface area (Å²) in [6, 6.07) is 9.99. The predicted octanol–water partition coefficient (Wildman–Crippen LogP) is 3.36. The number of methoxy groups -OCH3 is 2. The zero-order valence-electron chi connectivity index (χ0n) is 19.5. The van der Waals surface area contributed by atoms with Gasteiger partial charge in [0.2, 0.25) is 5.91 Å². The van der Waals surface area contributed by atoms with Gasteiger partial charge in [0, 0.05) is 12.1 Å². The minimum absolute atomic E-state index is 0.258. The van der Waals surface area contributed by atoms with Crippen LogP contribution in [0.1, 0.15) is 43.4 Å². The van der Waals surface area contributed by atoms with E-state index in [1.54, 1.807) is 38.2 Å². The summed E-state index contributed by atoms with van der Waals surface area (Å²) < 4.78 is 24.3. The minimum Gasteiger partial charge on any atom is -0.497 e. The number of halogens is 1. The van der Waals surface area contributed by atoms with Gasteiger partial charge in [0.25, 0.3) is 5.91 Å². The largest absolute Gasteiger partial charge is 0.497 e. The molecule has 0 spiro atoms. The van der Waals surface area contributed by atoms with Gasteiger partial charge >= 0.3 is 6.03 Å². The Kier molecular flexibility index (Phi) is 6.45. The van der Waals surface area contributed by atoms with Crippen molar-refractivity contribution in [2.45, 2.75) is 37.8 Å². The second-order valence-corrected chi connectivity index (χ2v) is 8.44. The lowest BCUT2D eigenvalue weighted by Crippen LogP contribution is -2.45. The first kappa shape index (κ1) is 23.5. The fourth-order valence-electron chi connectivity index (χ4n) is 4.86. The van der Waals surface area contributed by atoms with Crippen LogP contribution in [0.2, 0.25) is 0 Å². The molecule has 2 aromatic rings. The van der Waals surface area contributed by atoms with Crippen molar-refractivity contribution in [2.24, 2.45) is 0 Å². The standard InChI is InChI=1S/C25H28FN3O5/c1-4-25(16-7-9-17(26)10-8-16)23(31)29(24(32)27-25)15-22(30)28-13-5-6-20(28)19-14-18(33-2)11-12-21(19)34-3/h7-12,14,20H,4-6,13,15H2,1-3H3,(H,27,32). The lowest BCUT2D eigenvalue weighted by atomic mass is 9.87. The van der Waals surface area contributed by atoms with Crippen molar-refractivity contribution in [1.82, 2.24) is 15.1 Å². The highest BCUT2D eigenvalue weighted by Crippen LogP contribution is 2.39. The Morgan fingerprint density at radius 2 is 1.88 bits per heavy atom. The Morgan fingerprint density at radius 3 is 2.53 bits per heavy atom. The predicted molar refractivity (Wildman–Crippen MR) is 122 cm³/mol. The molecule has 0 saturated carbocycles. The molecule has 2 aliphatic heterocycles. The number of nitrogens with zero attached hydrogens (tertiary/aromatic N) is 2. The van der Waals surface area contributed by atoms with Gasteiger partial charge in [0.05, 0.1) is 20.3 Å². The number of amides is 4. The molecule has 0 aliphatic carbocycles. The van der Waals surface area contributed by atoms with E-state index >= 15 is 0 Å². The highest BCUT2D eigenvalue weighted by atomic mass is 19.1. The quantitative estimate of drug-likeness (QED) is 0.629. The molecule has 2 heterocycles. The molecular weight excluding hydrogens is 441 g/mol. The number of benzene rings is 2. The van der Waals surface area contributed by atoms with Crippen LogP contribution in [0.15, 0.2) is 42.5 Å². The third kappa shape index (κ3) is 3.95. The molecule has 2 fully saturated rings. The first-order valence-corrected chi connectivity index (χ1v) is 11.3. The maximum Gasteiger partial charge on any atom is 0.325 e. The first-order chi connectivity index (χ1) is 16.3. The summed E-state index contributed by atoms with van der Waals surface area (Å²) in [6.45, 7) is 1.89. The number of hydrogen-bond donors (Lipinski definition) is 1. The molecule has 2 saturated heterocycles. The van der Waals surface area contributed by atoms with Gasteiger partial charge in [-0.3, -0.25) is 14.5 Å². The van der Waals surface area contributed by atoms with Crippen LogP contribution in [0.5, 0.6) is 11.5 Å². The zero-order chi connectivity index (χ0) is 24.5. The van der Waals surface area contributed by atoms with E-state index in [0.29, 0.717) is 23.6 Å². The number of hydrogen-bond acceptors (Lipinski definition) is 5. The number of imide groups is 1. The normalized spacial score (nSPS) is 22.2. The average Bonchev–Trinajstić information content (AvgIpc) is 3.43. The molecule has 2 aliphatic rings. The van der Waals surface area contributed by atoms with Crippen molar-refractivity contribution < 1.29 is 28.2 Å². The molecule has 0 aromatic heterocycles. The topological polar surface area (TPSA) is 88.2 Å². The molecule has 2 unspecified atom stereocenters. The second-order valence-electron chi connectivity index (χ2n) is 8.44. The van der Waals surface area contributed by atoms with Gasteiger partial charge in [-0.1, -0.05) is 19.1 Å². The van der Waals surface area contributed by atoms with E-state index in [2.05, 4.69) is 5.32 Å². The maximum atomic E-state index is 13.4. The highest BCUT2D eigenvalue weighted by molar-refractivity contribution is 6.09. The van der Waals surface area contributed by atoms with Crippen LogP contribution in [-0.2, 0) is 15.1 Å². The Balaban J connectivity index is 1.57. The van der Waals surface area contributed by atoms with Crippen LogP contribution in [0.4, 0.5) is 9.18 Å². The van der Waals surface area contributed by atoms with Gasteiger partial charge < -0.3 is 19.7 Å². The SMILES string of the molecule is CCC1(c2ccc(F)cc2)NC(=O)N(CC(=O)N2CCCC2c2cc(OC)ccc2OC)C1=O. The fraction of sp³-hybridized carbons (Fsp3) is 0.400. The van der Waals surface area contributed by atoms with Crippen molar-refractivity contribution >= 4 is 17.8 Å². The second kappa shape index (κ2) is 9.32. The Hall–Kier alpha value is -3.62. The third-order valence-corrected chi connectivity index (χ3v) is 6.71. The van der Waals surface area contributed by atoms with Gasteiger partial charge in [-0.25, -0.2) is 9.18 Å². The minimum atomic E-state index is -1.33. The average molecular weight is 470 g/mol. The number of rotatable bonds is 7. The van der Waals surface area contributed by atoms with E-state index in [1.807, 2.05) is 6.07 Å². The summed E-state index contributed by atoms with van der Waals surface area (Å²) in [4.78, 5) is 42.2. The van der Waals surface area contributed by atoms with Crippen LogP contribution in [-0.4, -0.2) is 55.0 Å². The van der Waals surface area contributed by atoms with E-state index in [4.69, 9.17) is 9.47 Å². The van der Waals surface area contributed by atoms with Gasteiger partial charge in [-0.05, 0) is 55.2 Å². The number of carbonyl (C=O) groups is 3. The van der Waals surface area contributed by atoms with Crippen LogP contribution < -0.4 is 14.8 Å². The summed E-state index contributed by atoms with van der Waals surface area (Å²) in [7, 11) is 3.14. The van der Waals surface area contributed by atoms with Crippen LogP contribution in [0.3, 0.4) is 0 Å². The maximum absolute atomic E-state index is 13.4. The molecule has 180 valence electrons. The lowest BCUT2D eigenvalue weighted by molar-refractivity contribution is -0.139. The molecule has 2 aromatic carbocycles. The number of likely N-dealkylation sites (tertiary alicyclic amines) is 1. The molecule has 2 atom stereocenters. The first-order valence-electron chi connectivity index (χ1n) is 11.3. The van der Waals surface area contributed by atoms with Gasteiger partial charge in [-0.15, -0.1) is 0 Å². The monoisotopic (exact) mass is 469 g/mol. The molecule has 0 radical (unpaired) electrons. The lowest BCUT2D eigenvalue weighted by Gasteiger charge is -2.28. The van der Waals surface area contributed by atoms with E-state index in [1.165, 1.54) is 24.3 Å². The number of carbonyl (C=O) groups excluding carboxylic acids is 3. The van der Waals surface area contributed by atoms with Crippen molar-refractivity contribution in [3.8, 4) is 11.5 Å². The fourth-order valence-corrected chi connectivity index (χ4v) is 4.86. The van der Waals surface area contributed by atoms with Crippen LogP contribution in [0.25, 0.3) is 0 Å². The van der Waals surface area contributed by atoms with E-state index in [9.17, 15) is 18.8 Å². The zero-order valence-corrected chi connectivity index (χ0v) is 19.5. The Morgan fingerprint density at radius 1 is 1.15 bits per heavy atom. The van der Waals surface area contributed by atoms with Gasteiger partial charge in [-0.2, -0.15) is 0 Å². The van der Waals surface area contributed by atoms with E-state index in [-0.39, 0.29) is 24.9 Å². The third-order valence-electron chi connectivity index (χ3n) is 6.71. The summed E-state index contributed by atoms with van der Waals surface area (Å²) in [5, 5.41) is 2.73. The Bertz CT molecular complexity index is 1110. The van der Waals surface area contributed by atoms with Crippen molar-refractivity contribution in [3.63, 3.8) is 0 Å². The van der Waals surface area contributed by atoms with Crippen molar-refractivity contribution in [3.05, 3.63) is 59.4 Å². The summed E-state index contributed by atoms with van der Waals surface area (Å²) in [5.41, 5.74) is -0.0325. The van der Waals surface area contributed by atoms with Crippen molar-refractivity contribution in [1.29, 1.82) is 0 Å². The summed E-state index contributed by atoms with van der Waals surface area (Å²) in [6.07, 6.45) is 1.77. The molecule has 4 rings (SSSR count). The molecule has 4 amide bonds. The van der Waals surface area contributed by atoms with E-state index < -0.39 is 23.3 Å². The van der Waals surface area contributed by atoms with Gasteiger partial charge in [0.1, 0.15) is 29.4 Å². The van der Waals surface area contributed by atoms with Crippen LogP contribution >= 0.6 is 0 Å².